The van der Waals surface area contributed by atoms with Crippen LogP contribution in [0.15, 0.2) is 30.5 Å². The molecule has 0 saturated carbocycles. The standard InChI is InChI=1S/C14H15FN2/c1-9(16)8-17-5-4-11-6-10-2-3-12(15)7-13(10)14(11)17/h2-5,7,9H,6,8,16H2,1H3/t9-/m0/s1. The number of rotatable bonds is 2. The van der Waals surface area contributed by atoms with E-state index in [1.807, 2.05) is 19.2 Å². The first kappa shape index (κ1) is 10.5. The number of benzene rings is 1. The van der Waals surface area contributed by atoms with Crippen molar-refractivity contribution in [1.29, 1.82) is 0 Å². The Morgan fingerprint density at radius 2 is 2.18 bits per heavy atom. The smallest absolute Gasteiger partial charge is 0.123 e. The fourth-order valence-electron chi connectivity index (χ4n) is 2.58. The summed E-state index contributed by atoms with van der Waals surface area (Å²) in [5.41, 5.74) is 10.5. The Labute approximate surface area is 99.9 Å². The first-order valence-electron chi connectivity index (χ1n) is 5.87. The lowest BCUT2D eigenvalue weighted by Gasteiger charge is -2.11. The molecule has 1 aromatic carbocycles. The maximum absolute atomic E-state index is 13.3. The van der Waals surface area contributed by atoms with Crippen LogP contribution in [0.3, 0.4) is 0 Å². The minimum atomic E-state index is -0.176. The van der Waals surface area contributed by atoms with Gasteiger partial charge in [-0.05, 0) is 36.2 Å². The van der Waals surface area contributed by atoms with Crippen molar-refractivity contribution in [3.63, 3.8) is 0 Å². The first-order valence-corrected chi connectivity index (χ1v) is 5.87. The molecule has 2 nitrogen and oxygen atoms in total. The van der Waals surface area contributed by atoms with Crippen LogP contribution in [-0.2, 0) is 13.0 Å². The number of aromatic nitrogens is 1. The normalized spacial score (nSPS) is 14.5. The van der Waals surface area contributed by atoms with Crippen molar-refractivity contribution in [1.82, 2.24) is 4.57 Å². The van der Waals surface area contributed by atoms with E-state index in [0.29, 0.717) is 0 Å². The van der Waals surface area contributed by atoms with Gasteiger partial charge in [-0.3, -0.25) is 0 Å². The lowest BCUT2D eigenvalue weighted by atomic mass is 10.1. The minimum Gasteiger partial charge on any atom is -0.346 e. The molecule has 0 aliphatic heterocycles. The van der Waals surface area contributed by atoms with E-state index < -0.39 is 0 Å². The van der Waals surface area contributed by atoms with Gasteiger partial charge in [-0.2, -0.15) is 0 Å². The van der Waals surface area contributed by atoms with Crippen molar-refractivity contribution >= 4 is 0 Å². The molecule has 0 fully saturated rings. The van der Waals surface area contributed by atoms with Gasteiger partial charge < -0.3 is 10.3 Å². The van der Waals surface area contributed by atoms with E-state index in [-0.39, 0.29) is 11.9 Å². The van der Waals surface area contributed by atoms with Crippen LogP contribution in [0.5, 0.6) is 0 Å². The minimum absolute atomic E-state index is 0.101. The highest BCUT2D eigenvalue weighted by Gasteiger charge is 2.22. The van der Waals surface area contributed by atoms with Gasteiger partial charge >= 0.3 is 0 Å². The van der Waals surface area contributed by atoms with Gasteiger partial charge in [0.15, 0.2) is 0 Å². The van der Waals surface area contributed by atoms with E-state index >= 15 is 0 Å². The number of hydrogen-bond donors (Lipinski definition) is 1. The Balaban J connectivity index is 2.12. The third kappa shape index (κ3) is 1.67. The molecule has 0 amide bonds. The lowest BCUT2D eigenvalue weighted by Crippen LogP contribution is -2.22. The zero-order chi connectivity index (χ0) is 12.0. The van der Waals surface area contributed by atoms with E-state index in [0.717, 1.165) is 24.2 Å². The van der Waals surface area contributed by atoms with Crippen molar-refractivity contribution < 1.29 is 4.39 Å². The van der Waals surface area contributed by atoms with Gasteiger partial charge in [-0.15, -0.1) is 0 Å². The molecule has 0 bridgehead atoms. The quantitative estimate of drug-likeness (QED) is 0.720. The molecule has 88 valence electrons. The van der Waals surface area contributed by atoms with Crippen LogP contribution >= 0.6 is 0 Å². The summed E-state index contributed by atoms with van der Waals surface area (Å²) in [7, 11) is 0. The first-order chi connectivity index (χ1) is 8.15. The highest BCUT2D eigenvalue weighted by Crippen LogP contribution is 2.37. The molecular weight excluding hydrogens is 215 g/mol. The van der Waals surface area contributed by atoms with Gasteiger partial charge in [-0.25, -0.2) is 4.39 Å². The summed E-state index contributed by atoms with van der Waals surface area (Å²) in [5.74, 6) is -0.176. The molecule has 17 heavy (non-hydrogen) atoms. The van der Waals surface area contributed by atoms with Crippen LogP contribution in [-0.4, -0.2) is 10.6 Å². The maximum Gasteiger partial charge on any atom is 0.123 e. The van der Waals surface area contributed by atoms with Gasteiger partial charge in [0.2, 0.25) is 0 Å². The number of hydrogen-bond acceptors (Lipinski definition) is 1. The maximum atomic E-state index is 13.3. The third-order valence-electron chi connectivity index (χ3n) is 3.24. The van der Waals surface area contributed by atoms with Crippen LogP contribution in [0, 0.1) is 5.82 Å². The van der Waals surface area contributed by atoms with Crippen molar-refractivity contribution in [2.45, 2.75) is 25.9 Å². The van der Waals surface area contributed by atoms with E-state index in [4.69, 9.17) is 5.73 Å². The summed E-state index contributed by atoms with van der Waals surface area (Å²) in [5, 5.41) is 0. The van der Waals surface area contributed by atoms with Gasteiger partial charge in [0.25, 0.3) is 0 Å². The Kier molecular flexibility index (Phi) is 2.30. The van der Waals surface area contributed by atoms with Crippen molar-refractivity contribution in [2.75, 3.05) is 0 Å². The Hall–Kier alpha value is -1.61. The Morgan fingerprint density at radius 3 is 2.94 bits per heavy atom. The van der Waals surface area contributed by atoms with Crippen molar-refractivity contribution in [2.24, 2.45) is 5.73 Å². The Bertz CT molecular complexity index is 570. The molecule has 3 rings (SSSR count). The number of halogens is 1. The van der Waals surface area contributed by atoms with Crippen LogP contribution < -0.4 is 5.73 Å². The van der Waals surface area contributed by atoms with Gasteiger partial charge in [0, 0.05) is 30.8 Å². The predicted molar refractivity (Wildman–Crippen MR) is 66.3 cm³/mol. The van der Waals surface area contributed by atoms with Gasteiger partial charge in [0.1, 0.15) is 5.82 Å². The summed E-state index contributed by atoms with van der Waals surface area (Å²) in [6.07, 6.45) is 2.94. The summed E-state index contributed by atoms with van der Waals surface area (Å²) < 4.78 is 15.5. The second kappa shape index (κ2) is 3.70. The van der Waals surface area contributed by atoms with E-state index in [2.05, 4.69) is 10.6 Å². The zero-order valence-electron chi connectivity index (χ0n) is 9.78. The molecular formula is C14H15FN2. The highest BCUT2D eigenvalue weighted by atomic mass is 19.1. The van der Waals surface area contributed by atoms with Crippen LogP contribution in [0.4, 0.5) is 4.39 Å². The Morgan fingerprint density at radius 1 is 1.35 bits per heavy atom. The fraction of sp³-hybridized carbons (Fsp3) is 0.286. The topological polar surface area (TPSA) is 30.9 Å². The number of nitrogens with zero attached hydrogens (tertiary/aromatic N) is 1. The summed E-state index contributed by atoms with van der Waals surface area (Å²) in [6.45, 7) is 2.75. The van der Waals surface area contributed by atoms with Crippen molar-refractivity contribution in [3.8, 4) is 11.3 Å². The second-order valence-corrected chi connectivity index (χ2v) is 4.80. The summed E-state index contributed by atoms with van der Waals surface area (Å²) in [6, 6.07) is 7.24. The average molecular weight is 230 g/mol. The largest absolute Gasteiger partial charge is 0.346 e. The molecule has 0 radical (unpaired) electrons. The van der Waals surface area contributed by atoms with Gasteiger partial charge in [-0.1, -0.05) is 6.07 Å². The molecule has 2 N–H and O–H groups in total. The van der Waals surface area contributed by atoms with Crippen LogP contribution in [0.1, 0.15) is 18.1 Å². The van der Waals surface area contributed by atoms with Crippen molar-refractivity contribution in [3.05, 3.63) is 47.4 Å². The molecule has 1 aliphatic carbocycles. The summed E-state index contributed by atoms with van der Waals surface area (Å²) in [4.78, 5) is 0. The fourth-order valence-corrected chi connectivity index (χ4v) is 2.58. The second-order valence-electron chi connectivity index (χ2n) is 4.80. The number of nitrogens with two attached hydrogens (primary N) is 1. The average Bonchev–Trinajstić information content (AvgIpc) is 2.78. The molecule has 2 aromatic rings. The van der Waals surface area contributed by atoms with Crippen LogP contribution in [0.2, 0.25) is 0 Å². The molecule has 3 heteroatoms. The zero-order valence-corrected chi connectivity index (χ0v) is 9.78. The van der Waals surface area contributed by atoms with Gasteiger partial charge in [0.05, 0.1) is 5.69 Å². The molecule has 1 heterocycles. The van der Waals surface area contributed by atoms with E-state index in [1.165, 1.54) is 17.2 Å². The van der Waals surface area contributed by atoms with E-state index in [1.54, 1.807) is 6.07 Å². The molecule has 0 spiro atoms. The molecule has 0 saturated heterocycles. The monoisotopic (exact) mass is 230 g/mol. The molecule has 1 aromatic heterocycles. The van der Waals surface area contributed by atoms with E-state index in [9.17, 15) is 4.39 Å². The lowest BCUT2D eigenvalue weighted by molar-refractivity contribution is 0.596. The number of fused-ring (bicyclic) bond motifs is 3. The predicted octanol–water partition coefficient (Wildman–Crippen LogP) is 2.55. The highest BCUT2D eigenvalue weighted by molar-refractivity contribution is 5.74. The molecule has 1 aliphatic rings. The summed E-state index contributed by atoms with van der Waals surface area (Å²) >= 11 is 0. The van der Waals surface area contributed by atoms with Crippen LogP contribution in [0.25, 0.3) is 11.3 Å². The molecule has 0 unspecified atom stereocenters. The molecule has 1 atom stereocenters. The third-order valence-corrected chi connectivity index (χ3v) is 3.24. The SMILES string of the molecule is C[C@H](N)Cn1ccc2c1-c1cc(F)ccc1C2.